The number of imidazole rings is 1. The van der Waals surface area contributed by atoms with Gasteiger partial charge in [0.25, 0.3) is 5.91 Å². The molecule has 4 heterocycles. The number of nitrogens with zero attached hydrogens (tertiary/aromatic N) is 6. The summed E-state index contributed by atoms with van der Waals surface area (Å²) in [5.41, 5.74) is 0.972. The van der Waals surface area contributed by atoms with E-state index in [0.29, 0.717) is 0 Å². The van der Waals surface area contributed by atoms with Crippen molar-refractivity contribution >= 4 is 32.4 Å². The molecule has 4 aromatic rings. The number of fused-ring (bicyclic) bond motifs is 2. The zero-order valence-electron chi connectivity index (χ0n) is 17.4. The van der Waals surface area contributed by atoms with E-state index in [0.717, 1.165) is 16.8 Å². The maximum atomic E-state index is 13.1. The molecule has 0 atom stereocenters. The van der Waals surface area contributed by atoms with Crippen LogP contribution in [0.4, 0.5) is 13.2 Å². The van der Waals surface area contributed by atoms with Crippen LogP contribution >= 0.6 is 0 Å². The van der Waals surface area contributed by atoms with Crippen molar-refractivity contribution in [2.75, 3.05) is 12.9 Å². The van der Waals surface area contributed by atoms with Gasteiger partial charge in [0, 0.05) is 13.2 Å². The lowest BCUT2D eigenvalue weighted by molar-refractivity contribution is -0.141. The molecule has 11 nitrogen and oxygen atoms in total. The number of carbonyl (C=O) groups is 1. The van der Waals surface area contributed by atoms with Crippen LogP contribution in [0.3, 0.4) is 0 Å². The molecule has 0 aliphatic heterocycles. The first kappa shape index (κ1) is 22.6. The third-order valence-corrected chi connectivity index (χ3v) is 6.50. The Balaban J connectivity index is 2.07. The number of halogens is 3. The quantitative estimate of drug-likeness (QED) is 0.425. The SMILES string of the molecule is CCS(=O)(=O)c1nn2c(C(=O)NOC)ccnc2c1-c1nc2cc(C(F)(F)F)ncc2n1C. The van der Waals surface area contributed by atoms with Crippen LogP contribution in [-0.2, 0) is 27.9 Å². The first-order valence-corrected chi connectivity index (χ1v) is 11.0. The number of amides is 1. The van der Waals surface area contributed by atoms with Crippen LogP contribution in [0.2, 0.25) is 0 Å². The summed E-state index contributed by atoms with van der Waals surface area (Å²) in [5, 5.41) is 3.68. The Morgan fingerprint density at radius 2 is 2.00 bits per heavy atom. The van der Waals surface area contributed by atoms with Gasteiger partial charge in [0.1, 0.15) is 22.8 Å². The highest BCUT2D eigenvalue weighted by Gasteiger charge is 2.34. The Hall–Kier alpha value is -3.59. The lowest BCUT2D eigenvalue weighted by atomic mass is 10.3. The fourth-order valence-electron chi connectivity index (χ4n) is 3.26. The van der Waals surface area contributed by atoms with Crippen LogP contribution in [0.5, 0.6) is 0 Å². The van der Waals surface area contributed by atoms with Gasteiger partial charge in [-0.25, -0.2) is 33.4 Å². The van der Waals surface area contributed by atoms with Crippen molar-refractivity contribution in [1.82, 2.24) is 34.6 Å². The van der Waals surface area contributed by atoms with E-state index in [2.05, 4.69) is 30.4 Å². The molecule has 1 amide bonds. The predicted octanol–water partition coefficient (Wildman–Crippen LogP) is 1.78. The van der Waals surface area contributed by atoms with E-state index < -0.39 is 32.6 Å². The smallest absolute Gasteiger partial charge is 0.326 e. The zero-order valence-corrected chi connectivity index (χ0v) is 18.2. The third-order valence-electron chi connectivity index (χ3n) is 4.87. The molecule has 174 valence electrons. The first-order chi connectivity index (χ1) is 15.5. The summed E-state index contributed by atoms with van der Waals surface area (Å²) in [7, 11) is -1.25. The standard InChI is InChI=1S/C18H16F3N7O4S/c1-4-33(30,31)17-13(14-22-6-5-10(28(14)25-17)16(29)26-32-3)15-24-9-7-12(18(19,20)21)23-8-11(9)27(15)2/h5-8H,4H2,1-3H3,(H,26,29). The van der Waals surface area contributed by atoms with Gasteiger partial charge in [-0.3, -0.25) is 9.63 Å². The highest BCUT2D eigenvalue weighted by molar-refractivity contribution is 7.91. The molecule has 0 aliphatic rings. The van der Waals surface area contributed by atoms with Crippen molar-refractivity contribution in [3.8, 4) is 11.4 Å². The van der Waals surface area contributed by atoms with Gasteiger partial charge >= 0.3 is 6.18 Å². The van der Waals surface area contributed by atoms with Gasteiger partial charge < -0.3 is 4.57 Å². The summed E-state index contributed by atoms with van der Waals surface area (Å²) >= 11 is 0. The fourth-order valence-corrected chi connectivity index (χ4v) is 4.23. The van der Waals surface area contributed by atoms with E-state index in [1.807, 2.05) is 0 Å². The normalized spacial score (nSPS) is 12.5. The van der Waals surface area contributed by atoms with Gasteiger partial charge in [-0.1, -0.05) is 6.92 Å². The second-order valence-electron chi connectivity index (χ2n) is 6.83. The molecule has 0 fully saturated rings. The minimum Gasteiger partial charge on any atom is -0.326 e. The number of hydrogen-bond acceptors (Lipinski definition) is 8. The molecule has 0 spiro atoms. The Labute approximate surface area is 184 Å². The number of aromatic nitrogens is 6. The van der Waals surface area contributed by atoms with Crippen LogP contribution in [-0.4, -0.2) is 56.3 Å². The Morgan fingerprint density at radius 3 is 2.64 bits per heavy atom. The molecule has 1 N–H and O–H groups in total. The van der Waals surface area contributed by atoms with Crippen LogP contribution in [0.1, 0.15) is 23.1 Å². The number of nitrogens with one attached hydrogen (secondary N) is 1. The fraction of sp³-hybridized carbons (Fsp3) is 0.278. The lowest BCUT2D eigenvalue weighted by Crippen LogP contribution is -2.24. The second kappa shape index (κ2) is 7.77. The van der Waals surface area contributed by atoms with Crippen LogP contribution in [0, 0.1) is 0 Å². The van der Waals surface area contributed by atoms with Crippen LogP contribution in [0.15, 0.2) is 29.6 Å². The molecule has 0 bridgehead atoms. The number of pyridine rings is 1. The minimum atomic E-state index is -4.68. The molecule has 15 heteroatoms. The lowest BCUT2D eigenvalue weighted by Gasteiger charge is -2.05. The molecule has 0 unspecified atom stereocenters. The monoisotopic (exact) mass is 483 g/mol. The van der Waals surface area contributed by atoms with Crippen molar-refractivity contribution in [3.63, 3.8) is 0 Å². The van der Waals surface area contributed by atoms with Crippen molar-refractivity contribution in [1.29, 1.82) is 0 Å². The molecule has 0 saturated carbocycles. The first-order valence-electron chi connectivity index (χ1n) is 9.33. The van der Waals surface area contributed by atoms with Crippen LogP contribution < -0.4 is 5.48 Å². The molecule has 0 radical (unpaired) electrons. The average molecular weight is 483 g/mol. The van der Waals surface area contributed by atoms with Crippen molar-refractivity contribution in [3.05, 3.63) is 35.9 Å². The van der Waals surface area contributed by atoms with E-state index in [1.54, 1.807) is 0 Å². The second-order valence-corrected chi connectivity index (χ2v) is 9.03. The summed E-state index contributed by atoms with van der Waals surface area (Å²) < 4.78 is 67.4. The maximum absolute atomic E-state index is 13.1. The summed E-state index contributed by atoms with van der Waals surface area (Å²) in [6.45, 7) is 1.41. The maximum Gasteiger partial charge on any atom is 0.433 e. The number of aryl methyl sites for hydroxylation is 1. The highest BCUT2D eigenvalue weighted by atomic mass is 32.2. The highest BCUT2D eigenvalue weighted by Crippen LogP contribution is 2.34. The predicted molar refractivity (Wildman–Crippen MR) is 108 cm³/mol. The largest absolute Gasteiger partial charge is 0.433 e. The van der Waals surface area contributed by atoms with Crippen molar-refractivity contribution < 1.29 is 31.2 Å². The van der Waals surface area contributed by atoms with Crippen molar-refractivity contribution in [2.24, 2.45) is 7.05 Å². The van der Waals surface area contributed by atoms with Crippen molar-refractivity contribution in [2.45, 2.75) is 18.1 Å². The van der Waals surface area contributed by atoms with E-state index >= 15 is 0 Å². The molecular weight excluding hydrogens is 467 g/mol. The van der Waals surface area contributed by atoms with Gasteiger partial charge in [-0.05, 0) is 12.1 Å². The molecule has 0 saturated heterocycles. The van der Waals surface area contributed by atoms with Crippen LogP contribution in [0.25, 0.3) is 28.1 Å². The van der Waals surface area contributed by atoms with Gasteiger partial charge in [-0.15, -0.1) is 0 Å². The summed E-state index contributed by atoms with van der Waals surface area (Å²) in [4.78, 5) is 28.8. The van der Waals surface area contributed by atoms with E-state index in [1.165, 1.54) is 37.9 Å². The molecule has 0 aliphatic carbocycles. The van der Waals surface area contributed by atoms with E-state index in [9.17, 15) is 26.4 Å². The number of hydrogen-bond donors (Lipinski definition) is 1. The van der Waals surface area contributed by atoms with Gasteiger partial charge in [-0.2, -0.15) is 18.3 Å². The van der Waals surface area contributed by atoms with E-state index in [-0.39, 0.29) is 39.5 Å². The number of sulfone groups is 1. The van der Waals surface area contributed by atoms with Gasteiger partial charge in [0.05, 0.1) is 30.1 Å². The zero-order chi connectivity index (χ0) is 24.1. The Bertz CT molecular complexity index is 1510. The number of hydroxylamine groups is 1. The summed E-state index contributed by atoms with van der Waals surface area (Å²) in [6, 6.07) is 2.07. The minimum absolute atomic E-state index is 0.00931. The summed E-state index contributed by atoms with van der Waals surface area (Å²) in [5.74, 6) is -1.05. The number of rotatable bonds is 5. The molecule has 4 aromatic heterocycles. The van der Waals surface area contributed by atoms with E-state index in [4.69, 9.17) is 0 Å². The third kappa shape index (κ3) is 3.68. The van der Waals surface area contributed by atoms with Gasteiger partial charge in [0.15, 0.2) is 20.5 Å². The van der Waals surface area contributed by atoms with Gasteiger partial charge in [0.2, 0.25) is 0 Å². The number of alkyl halides is 3. The Kier molecular flexibility index (Phi) is 5.32. The number of carbonyl (C=O) groups excluding carboxylic acids is 1. The summed E-state index contributed by atoms with van der Waals surface area (Å²) in [6.07, 6.45) is -2.42. The molecular formula is C18H16F3N7O4S. The molecule has 4 rings (SSSR count). The topological polar surface area (TPSA) is 133 Å². The molecule has 33 heavy (non-hydrogen) atoms. The molecule has 0 aromatic carbocycles. The Morgan fingerprint density at radius 1 is 1.27 bits per heavy atom. The average Bonchev–Trinajstić information content (AvgIpc) is 3.31.